The Morgan fingerprint density at radius 1 is 1.79 bits per heavy atom. The fourth-order valence-corrected chi connectivity index (χ4v) is 1.43. The molecule has 2 N–H and O–H groups in total. The summed E-state index contributed by atoms with van der Waals surface area (Å²) in [6, 6.07) is 0.374. The Kier molecular flexibility index (Phi) is 2.95. The van der Waals surface area contributed by atoms with Gasteiger partial charge in [-0.15, -0.1) is 5.10 Å². The molecule has 1 aromatic rings. The van der Waals surface area contributed by atoms with Gasteiger partial charge in [-0.3, -0.25) is 0 Å². The molecule has 0 radical (unpaired) electrons. The van der Waals surface area contributed by atoms with Crippen LogP contribution >= 0.6 is 0 Å². The van der Waals surface area contributed by atoms with Crippen molar-refractivity contribution in [1.29, 1.82) is 0 Å². The molecule has 0 aromatic carbocycles. The summed E-state index contributed by atoms with van der Waals surface area (Å²) in [5.41, 5.74) is 0. The van der Waals surface area contributed by atoms with Gasteiger partial charge >= 0.3 is 0 Å². The minimum atomic E-state index is 0.374. The van der Waals surface area contributed by atoms with Gasteiger partial charge in [0.25, 0.3) is 0 Å². The largest absolute Gasteiger partial charge is 0.378 e. The van der Waals surface area contributed by atoms with Gasteiger partial charge < -0.3 is 15.4 Å². The maximum absolute atomic E-state index is 5.34. The van der Waals surface area contributed by atoms with Crippen LogP contribution in [0.3, 0.4) is 0 Å². The van der Waals surface area contributed by atoms with Gasteiger partial charge in [-0.2, -0.15) is 0 Å². The predicted octanol–water partition coefficient (Wildman–Crippen LogP) is -0.785. The van der Waals surface area contributed by atoms with Crippen molar-refractivity contribution in [3.05, 3.63) is 6.20 Å². The second-order valence-corrected chi connectivity index (χ2v) is 3.35. The van der Waals surface area contributed by atoms with Crippen LogP contribution in [0.4, 0.5) is 5.82 Å². The van der Waals surface area contributed by atoms with Gasteiger partial charge in [0.05, 0.1) is 19.4 Å². The van der Waals surface area contributed by atoms with Crippen LogP contribution in [0.15, 0.2) is 6.20 Å². The van der Waals surface area contributed by atoms with E-state index in [0.29, 0.717) is 6.04 Å². The molecule has 1 unspecified atom stereocenters. The van der Waals surface area contributed by atoms with E-state index in [4.69, 9.17) is 4.74 Å². The summed E-state index contributed by atoms with van der Waals surface area (Å²) >= 11 is 0. The van der Waals surface area contributed by atoms with Crippen LogP contribution in [-0.2, 0) is 11.8 Å². The third kappa shape index (κ3) is 2.21. The van der Waals surface area contributed by atoms with Crippen LogP contribution in [0.2, 0.25) is 0 Å². The number of nitrogens with one attached hydrogen (secondary N) is 2. The standard InChI is InChI=1S/C8H15N5O/c1-13-8(5-11-12-13)10-4-7-6-14-3-2-9-7/h5,7,9-10H,2-4,6H2,1H3. The van der Waals surface area contributed by atoms with E-state index < -0.39 is 0 Å². The molecule has 1 aliphatic heterocycles. The summed E-state index contributed by atoms with van der Waals surface area (Å²) in [4.78, 5) is 0. The Morgan fingerprint density at radius 3 is 3.36 bits per heavy atom. The second-order valence-electron chi connectivity index (χ2n) is 3.35. The number of nitrogens with zero attached hydrogens (tertiary/aromatic N) is 3. The lowest BCUT2D eigenvalue weighted by Gasteiger charge is -2.24. The zero-order valence-corrected chi connectivity index (χ0v) is 8.23. The smallest absolute Gasteiger partial charge is 0.144 e. The molecule has 6 heteroatoms. The molecular formula is C8H15N5O. The molecule has 2 rings (SSSR count). The zero-order chi connectivity index (χ0) is 9.80. The van der Waals surface area contributed by atoms with Crippen LogP contribution in [0.1, 0.15) is 0 Å². The lowest BCUT2D eigenvalue weighted by atomic mass is 10.3. The third-order valence-electron chi connectivity index (χ3n) is 2.24. The molecule has 2 heterocycles. The molecule has 0 amide bonds. The summed E-state index contributed by atoms with van der Waals surface area (Å²) in [5, 5.41) is 14.2. The van der Waals surface area contributed by atoms with Gasteiger partial charge in [0.1, 0.15) is 5.82 Å². The summed E-state index contributed by atoms with van der Waals surface area (Å²) in [6.07, 6.45) is 1.71. The monoisotopic (exact) mass is 197 g/mol. The zero-order valence-electron chi connectivity index (χ0n) is 8.23. The SMILES string of the molecule is Cn1nncc1NCC1COCCN1. The van der Waals surface area contributed by atoms with Crippen LogP contribution in [0, 0.1) is 0 Å². The van der Waals surface area contributed by atoms with Gasteiger partial charge in [-0.1, -0.05) is 5.21 Å². The lowest BCUT2D eigenvalue weighted by molar-refractivity contribution is 0.0806. The van der Waals surface area contributed by atoms with Gasteiger partial charge in [-0.25, -0.2) is 4.68 Å². The van der Waals surface area contributed by atoms with Crippen molar-refractivity contribution in [2.75, 3.05) is 31.6 Å². The van der Waals surface area contributed by atoms with Gasteiger partial charge in [0.2, 0.25) is 0 Å². The number of rotatable bonds is 3. The van der Waals surface area contributed by atoms with Crippen molar-refractivity contribution in [3.63, 3.8) is 0 Å². The topological polar surface area (TPSA) is 64.0 Å². The average molecular weight is 197 g/mol. The summed E-state index contributed by atoms with van der Waals surface area (Å²) < 4.78 is 7.05. The Balaban J connectivity index is 1.79. The van der Waals surface area contributed by atoms with Crippen molar-refractivity contribution in [1.82, 2.24) is 20.3 Å². The molecule has 0 spiro atoms. The molecule has 0 saturated carbocycles. The number of aromatic nitrogens is 3. The van der Waals surface area contributed by atoms with E-state index in [1.165, 1.54) is 0 Å². The van der Waals surface area contributed by atoms with Gasteiger partial charge in [0, 0.05) is 26.2 Å². The van der Waals surface area contributed by atoms with Gasteiger partial charge in [-0.05, 0) is 0 Å². The van der Waals surface area contributed by atoms with E-state index in [0.717, 1.165) is 32.1 Å². The van der Waals surface area contributed by atoms with E-state index in [1.54, 1.807) is 10.9 Å². The first kappa shape index (κ1) is 9.42. The van der Waals surface area contributed by atoms with E-state index in [1.807, 2.05) is 7.05 Å². The maximum Gasteiger partial charge on any atom is 0.144 e. The molecule has 0 aliphatic carbocycles. The van der Waals surface area contributed by atoms with E-state index in [2.05, 4.69) is 20.9 Å². The van der Waals surface area contributed by atoms with Crippen molar-refractivity contribution in [3.8, 4) is 0 Å². The Labute approximate surface area is 82.6 Å². The molecule has 0 bridgehead atoms. The number of anilines is 1. The molecule has 6 nitrogen and oxygen atoms in total. The van der Waals surface area contributed by atoms with Crippen molar-refractivity contribution in [2.24, 2.45) is 7.05 Å². The third-order valence-corrected chi connectivity index (χ3v) is 2.24. The lowest BCUT2D eigenvalue weighted by Crippen LogP contribution is -2.45. The van der Waals surface area contributed by atoms with Crippen LogP contribution in [0.25, 0.3) is 0 Å². The van der Waals surface area contributed by atoms with Crippen molar-refractivity contribution < 1.29 is 4.74 Å². The van der Waals surface area contributed by atoms with Crippen LogP contribution in [0.5, 0.6) is 0 Å². The predicted molar refractivity (Wildman–Crippen MR) is 52.1 cm³/mol. The first-order valence-electron chi connectivity index (χ1n) is 4.76. The molecular weight excluding hydrogens is 182 g/mol. The average Bonchev–Trinajstić information content (AvgIpc) is 2.63. The van der Waals surface area contributed by atoms with Crippen LogP contribution < -0.4 is 10.6 Å². The van der Waals surface area contributed by atoms with Crippen molar-refractivity contribution in [2.45, 2.75) is 6.04 Å². The normalized spacial score (nSPS) is 22.2. The number of morpholine rings is 1. The molecule has 1 fully saturated rings. The Morgan fingerprint density at radius 2 is 2.71 bits per heavy atom. The molecule has 1 atom stereocenters. The van der Waals surface area contributed by atoms with Crippen LogP contribution in [-0.4, -0.2) is 47.3 Å². The fraction of sp³-hybridized carbons (Fsp3) is 0.750. The summed E-state index contributed by atoms with van der Waals surface area (Å²) in [6.45, 7) is 3.33. The molecule has 1 aliphatic rings. The highest BCUT2D eigenvalue weighted by Crippen LogP contribution is 2.01. The van der Waals surface area contributed by atoms with Gasteiger partial charge in [0.15, 0.2) is 0 Å². The first-order chi connectivity index (χ1) is 6.86. The highest BCUT2D eigenvalue weighted by atomic mass is 16.5. The van der Waals surface area contributed by atoms with Crippen molar-refractivity contribution >= 4 is 5.82 Å². The number of hydrogen-bond donors (Lipinski definition) is 2. The maximum atomic E-state index is 5.34. The molecule has 1 saturated heterocycles. The number of aryl methyl sites for hydroxylation is 1. The second kappa shape index (κ2) is 4.39. The molecule has 14 heavy (non-hydrogen) atoms. The summed E-state index contributed by atoms with van der Waals surface area (Å²) in [7, 11) is 1.86. The fourth-order valence-electron chi connectivity index (χ4n) is 1.43. The first-order valence-corrected chi connectivity index (χ1v) is 4.76. The van der Waals surface area contributed by atoms with E-state index in [-0.39, 0.29) is 0 Å². The van der Waals surface area contributed by atoms with E-state index >= 15 is 0 Å². The number of ether oxygens (including phenoxy) is 1. The minimum Gasteiger partial charge on any atom is -0.378 e. The minimum absolute atomic E-state index is 0.374. The quantitative estimate of drug-likeness (QED) is 0.665. The number of hydrogen-bond acceptors (Lipinski definition) is 5. The molecule has 1 aromatic heterocycles. The highest BCUT2D eigenvalue weighted by Gasteiger charge is 2.12. The Hall–Kier alpha value is -1.14. The molecule has 78 valence electrons. The summed E-state index contributed by atoms with van der Waals surface area (Å²) in [5.74, 6) is 0.928. The highest BCUT2D eigenvalue weighted by molar-refractivity contribution is 5.30. The van der Waals surface area contributed by atoms with E-state index in [9.17, 15) is 0 Å². The Bertz CT molecular complexity index is 281.